The minimum Gasteiger partial charge on any atom is -0.354 e. The van der Waals surface area contributed by atoms with E-state index in [2.05, 4.69) is 5.32 Å². The number of amides is 3. The number of carbonyl (C=O) groups excluding carboxylic acids is 3. The van der Waals surface area contributed by atoms with Gasteiger partial charge in [0.2, 0.25) is 11.8 Å². The molecule has 1 heterocycles. The Morgan fingerprint density at radius 2 is 1.50 bits per heavy atom. The van der Waals surface area contributed by atoms with E-state index in [0.717, 1.165) is 24.0 Å². The molecule has 3 aromatic rings. The van der Waals surface area contributed by atoms with Gasteiger partial charge in [0.05, 0.1) is 5.56 Å². The molecular formula is C29H31N3O5S. The molecule has 0 fully saturated rings. The minimum atomic E-state index is -4.18. The summed E-state index contributed by atoms with van der Waals surface area (Å²) in [5.41, 5.74) is 1.67. The Morgan fingerprint density at radius 1 is 0.895 bits per heavy atom. The molecule has 1 aliphatic rings. The fourth-order valence-electron chi connectivity index (χ4n) is 4.44. The van der Waals surface area contributed by atoms with E-state index in [0.29, 0.717) is 10.8 Å². The Morgan fingerprint density at radius 3 is 2.13 bits per heavy atom. The van der Waals surface area contributed by atoms with Crippen LogP contribution in [0.3, 0.4) is 0 Å². The first-order chi connectivity index (χ1) is 18.3. The standard InChI is InChI=1S/C29H31N3O5S/c1-2-3-18-30-28(34)25(19-22-12-6-4-7-13-22)31(20-23-14-8-5-9-15-23)27(33)21-32-29(35)24-16-10-11-17-26(24)38(32,36)37/h4-17,25H,2-3,18-21H2,1H3,(H,30,34). The van der Waals surface area contributed by atoms with Crippen LogP contribution in [0.15, 0.2) is 89.8 Å². The van der Waals surface area contributed by atoms with Crippen molar-refractivity contribution < 1.29 is 22.8 Å². The van der Waals surface area contributed by atoms with E-state index in [9.17, 15) is 22.8 Å². The van der Waals surface area contributed by atoms with Gasteiger partial charge in [-0.2, -0.15) is 0 Å². The summed E-state index contributed by atoms with van der Waals surface area (Å²) in [5.74, 6) is -1.71. The van der Waals surface area contributed by atoms with Gasteiger partial charge in [-0.25, -0.2) is 12.7 Å². The van der Waals surface area contributed by atoms with E-state index in [1.807, 2.05) is 67.6 Å². The third-order valence-electron chi connectivity index (χ3n) is 6.49. The van der Waals surface area contributed by atoms with Crippen molar-refractivity contribution in [3.05, 3.63) is 102 Å². The average Bonchev–Trinajstić information content (AvgIpc) is 3.12. The summed E-state index contributed by atoms with van der Waals surface area (Å²) < 4.78 is 26.9. The monoisotopic (exact) mass is 533 g/mol. The Balaban J connectivity index is 1.68. The summed E-state index contributed by atoms with van der Waals surface area (Å²) in [6, 6.07) is 23.5. The number of nitrogens with zero attached hydrogens (tertiary/aromatic N) is 2. The predicted molar refractivity (Wildman–Crippen MR) is 144 cm³/mol. The van der Waals surface area contributed by atoms with E-state index in [4.69, 9.17) is 0 Å². The van der Waals surface area contributed by atoms with Crippen molar-refractivity contribution in [3.63, 3.8) is 0 Å². The van der Waals surface area contributed by atoms with Crippen LogP contribution in [0.1, 0.15) is 41.3 Å². The van der Waals surface area contributed by atoms with Crippen molar-refractivity contribution in [2.75, 3.05) is 13.1 Å². The van der Waals surface area contributed by atoms with Crippen molar-refractivity contribution in [1.82, 2.24) is 14.5 Å². The number of unbranched alkanes of at least 4 members (excludes halogenated alkanes) is 1. The molecule has 0 saturated carbocycles. The number of sulfonamides is 1. The summed E-state index contributed by atoms with van der Waals surface area (Å²) in [6.07, 6.45) is 1.92. The molecule has 1 unspecified atom stereocenters. The third-order valence-corrected chi connectivity index (χ3v) is 8.27. The number of carbonyl (C=O) groups is 3. The second-order valence-corrected chi connectivity index (χ2v) is 11.0. The highest BCUT2D eigenvalue weighted by Crippen LogP contribution is 2.30. The van der Waals surface area contributed by atoms with Gasteiger partial charge >= 0.3 is 0 Å². The highest BCUT2D eigenvalue weighted by Gasteiger charge is 2.43. The van der Waals surface area contributed by atoms with Crippen LogP contribution < -0.4 is 5.32 Å². The molecule has 4 rings (SSSR count). The van der Waals surface area contributed by atoms with Gasteiger partial charge in [0, 0.05) is 19.5 Å². The van der Waals surface area contributed by atoms with Crippen molar-refractivity contribution in [2.45, 2.75) is 43.7 Å². The van der Waals surface area contributed by atoms with Gasteiger partial charge in [0.25, 0.3) is 15.9 Å². The van der Waals surface area contributed by atoms with Crippen molar-refractivity contribution >= 4 is 27.7 Å². The van der Waals surface area contributed by atoms with E-state index >= 15 is 0 Å². The SMILES string of the molecule is CCCCNC(=O)C(Cc1ccccc1)N(Cc1ccccc1)C(=O)CN1C(=O)c2ccccc2S1(=O)=O. The lowest BCUT2D eigenvalue weighted by molar-refractivity contribution is -0.141. The quantitative estimate of drug-likeness (QED) is 0.381. The second-order valence-electron chi connectivity index (χ2n) is 9.17. The van der Waals surface area contributed by atoms with Crippen LogP contribution in [-0.2, 0) is 32.6 Å². The van der Waals surface area contributed by atoms with Crippen molar-refractivity contribution in [1.29, 1.82) is 0 Å². The van der Waals surface area contributed by atoms with Crippen LogP contribution in [0.5, 0.6) is 0 Å². The summed E-state index contributed by atoms with van der Waals surface area (Å²) >= 11 is 0. The molecular weight excluding hydrogens is 502 g/mol. The Kier molecular flexibility index (Phi) is 8.58. The number of benzene rings is 3. The van der Waals surface area contributed by atoms with E-state index in [1.54, 1.807) is 6.07 Å². The van der Waals surface area contributed by atoms with E-state index < -0.39 is 34.4 Å². The first-order valence-electron chi connectivity index (χ1n) is 12.6. The molecule has 0 aromatic heterocycles. The lowest BCUT2D eigenvalue weighted by atomic mass is 10.0. The zero-order valence-corrected chi connectivity index (χ0v) is 22.1. The zero-order valence-electron chi connectivity index (χ0n) is 21.2. The second kappa shape index (κ2) is 12.0. The lowest BCUT2D eigenvalue weighted by Gasteiger charge is -2.32. The Bertz CT molecular complexity index is 1390. The summed E-state index contributed by atoms with van der Waals surface area (Å²) in [5, 5.41) is 2.93. The van der Waals surface area contributed by atoms with Gasteiger partial charge < -0.3 is 10.2 Å². The normalized spacial score (nSPS) is 14.6. The van der Waals surface area contributed by atoms with Crippen molar-refractivity contribution in [2.24, 2.45) is 0 Å². The summed E-state index contributed by atoms with van der Waals surface area (Å²) in [4.78, 5) is 41.6. The zero-order chi connectivity index (χ0) is 27.1. The maximum Gasteiger partial charge on any atom is 0.269 e. The van der Waals surface area contributed by atoms with Gasteiger partial charge in [-0.15, -0.1) is 0 Å². The molecule has 3 amide bonds. The maximum absolute atomic E-state index is 13.8. The first-order valence-corrected chi connectivity index (χ1v) is 14.1. The third kappa shape index (κ3) is 5.94. The fourth-order valence-corrected chi connectivity index (χ4v) is 5.96. The number of nitrogens with one attached hydrogen (secondary N) is 1. The molecule has 198 valence electrons. The Hall–Kier alpha value is -3.98. The predicted octanol–water partition coefficient (Wildman–Crippen LogP) is 3.39. The number of fused-ring (bicyclic) bond motifs is 1. The van der Waals surface area contributed by atoms with Crippen molar-refractivity contribution in [3.8, 4) is 0 Å². The lowest BCUT2D eigenvalue weighted by Crippen LogP contribution is -2.53. The summed E-state index contributed by atoms with van der Waals surface area (Å²) in [6.45, 7) is 1.86. The van der Waals surface area contributed by atoms with E-state index in [1.165, 1.54) is 23.1 Å². The molecule has 0 bridgehead atoms. The molecule has 3 aromatic carbocycles. The molecule has 38 heavy (non-hydrogen) atoms. The van der Waals surface area contributed by atoms with Gasteiger partial charge in [0.1, 0.15) is 17.5 Å². The van der Waals surface area contributed by atoms with Crippen LogP contribution in [0.25, 0.3) is 0 Å². The van der Waals surface area contributed by atoms with Crippen LogP contribution in [-0.4, -0.2) is 54.5 Å². The molecule has 1 atom stereocenters. The average molecular weight is 534 g/mol. The number of hydrogen-bond donors (Lipinski definition) is 1. The molecule has 0 spiro atoms. The first kappa shape index (κ1) is 27.1. The van der Waals surface area contributed by atoms with Crippen LogP contribution in [0.4, 0.5) is 0 Å². The van der Waals surface area contributed by atoms with E-state index in [-0.39, 0.29) is 29.3 Å². The van der Waals surface area contributed by atoms with Crippen LogP contribution in [0.2, 0.25) is 0 Å². The smallest absolute Gasteiger partial charge is 0.269 e. The highest BCUT2D eigenvalue weighted by molar-refractivity contribution is 7.90. The summed E-state index contributed by atoms with van der Waals surface area (Å²) in [7, 11) is -4.18. The number of hydrogen-bond acceptors (Lipinski definition) is 5. The molecule has 9 heteroatoms. The largest absolute Gasteiger partial charge is 0.354 e. The minimum absolute atomic E-state index is 0.0352. The van der Waals surface area contributed by atoms with Gasteiger partial charge in [0.15, 0.2) is 0 Å². The van der Waals surface area contributed by atoms with Gasteiger partial charge in [-0.05, 0) is 29.7 Å². The molecule has 0 aliphatic carbocycles. The molecule has 8 nitrogen and oxygen atoms in total. The molecule has 0 saturated heterocycles. The van der Waals surface area contributed by atoms with Crippen LogP contribution >= 0.6 is 0 Å². The maximum atomic E-state index is 13.8. The van der Waals surface area contributed by atoms with Gasteiger partial charge in [-0.3, -0.25) is 14.4 Å². The molecule has 1 aliphatic heterocycles. The van der Waals surface area contributed by atoms with Gasteiger partial charge in [-0.1, -0.05) is 86.1 Å². The van der Waals surface area contributed by atoms with Crippen LogP contribution in [0, 0.1) is 0 Å². The Labute approximate surface area is 223 Å². The topological polar surface area (TPSA) is 104 Å². The fraction of sp³-hybridized carbons (Fsp3) is 0.276. The molecule has 0 radical (unpaired) electrons. The number of rotatable bonds is 11. The highest BCUT2D eigenvalue weighted by atomic mass is 32.2. The molecule has 1 N–H and O–H groups in total.